The van der Waals surface area contributed by atoms with Crippen LogP contribution in [0.5, 0.6) is 0 Å². The van der Waals surface area contributed by atoms with E-state index in [4.69, 9.17) is 14.6 Å². The Hall–Kier alpha value is -4.68. The number of carbonyl (C=O) groups is 2. The molecular formula is C38H43N5O6. The van der Waals surface area contributed by atoms with Crippen LogP contribution in [0.2, 0.25) is 0 Å². The predicted octanol–water partition coefficient (Wildman–Crippen LogP) is 4.73. The first-order valence-corrected chi connectivity index (χ1v) is 16.8. The Morgan fingerprint density at radius 1 is 0.837 bits per heavy atom. The van der Waals surface area contributed by atoms with E-state index in [9.17, 15) is 14.7 Å². The minimum atomic E-state index is -0.990. The van der Waals surface area contributed by atoms with E-state index < -0.39 is 12.3 Å². The van der Waals surface area contributed by atoms with Crippen molar-refractivity contribution >= 4 is 17.8 Å². The highest BCUT2D eigenvalue weighted by Crippen LogP contribution is 2.42. The fourth-order valence-electron chi connectivity index (χ4n) is 6.37. The van der Waals surface area contributed by atoms with Crippen molar-refractivity contribution in [3.63, 3.8) is 0 Å². The van der Waals surface area contributed by atoms with Crippen LogP contribution in [-0.2, 0) is 32.2 Å². The van der Waals surface area contributed by atoms with Gasteiger partial charge in [0.25, 0.3) is 0 Å². The molecule has 4 atom stereocenters. The zero-order valence-corrected chi connectivity index (χ0v) is 27.6. The molecule has 0 saturated carbocycles. The van der Waals surface area contributed by atoms with Gasteiger partial charge in [0, 0.05) is 69.6 Å². The normalized spacial score (nSPS) is 21.3. The maximum absolute atomic E-state index is 12.0. The molecule has 3 heterocycles. The Bertz CT molecular complexity index is 1680. The van der Waals surface area contributed by atoms with E-state index in [1.54, 1.807) is 12.4 Å². The molecule has 0 unspecified atom stereocenters. The Labute approximate surface area is 286 Å². The molecule has 3 aromatic carbocycles. The first kappa shape index (κ1) is 34.2. The molecule has 0 aliphatic carbocycles. The second-order valence-electron chi connectivity index (χ2n) is 12.7. The molecule has 1 amide bonds. The van der Waals surface area contributed by atoms with E-state index >= 15 is 0 Å². The van der Waals surface area contributed by atoms with Crippen LogP contribution in [0.15, 0.2) is 91.3 Å². The molecule has 0 spiro atoms. The topological polar surface area (TPSA) is 137 Å². The molecule has 2 aliphatic heterocycles. The number of hydrogen-bond acceptors (Lipinski definition) is 9. The van der Waals surface area contributed by atoms with Crippen LogP contribution in [0.3, 0.4) is 0 Å². The number of amides is 1. The van der Waals surface area contributed by atoms with Crippen LogP contribution >= 0.6 is 0 Å². The van der Waals surface area contributed by atoms with Crippen molar-refractivity contribution < 1.29 is 29.3 Å². The summed E-state index contributed by atoms with van der Waals surface area (Å²) in [7, 11) is 0. The largest absolute Gasteiger partial charge is 0.481 e. The summed E-state index contributed by atoms with van der Waals surface area (Å²) < 4.78 is 13.4. The number of carboxylic acids is 1. The number of nitrogens with zero attached hydrogens (tertiary/aromatic N) is 4. The van der Waals surface area contributed by atoms with E-state index in [2.05, 4.69) is 44.1 Å². The lowest BCUT2D eigenvalue weighted by Gasteiger charge is -2.44. The van der Waals surface area contributed by atoms with Crippen molar-refractivity contribution in [2.75, 3.05) is 37.6 Å². The zero-order valence-electron chi connectivity index (χ0n) is 27.6. The number of aliphatic hydroxyl groups is 1. The summed E-state index contributed by atoms with van der Waals surface area (Å²) in [4.78, 5) is 36.3. The van der Waals surface area contributed by atoms with Crippen molar-refractivity contribution in [2.45, 2.75) is 51.4 Å². The van der Waals surface area contributed by atoms with Gasteiger partial charge in [-0.05, 0) is 39.9 Å². The van der Waals surface area contributed by atoms with Crippen LogP contribution < -0.4 is 10.2 Å². The number of hydrogen-bond donors (Lipinski definition) is 3. The van der Waals surface area contributed by atoms with Gasteiger partial charge in [-0.25, -0.2) is 9.97 Å². The third-order valence-corrected chi connectivity index (χ3v) is 9.27. The van der Waals surface area contributed by atoms with Crippen molar-refractivity contribution in [2.24, 2.45) is 5.92 Å². The van der Waals surface area contributed by atoms with E-state index in [0.29, 0.717) is 6.54 Å². The van der Waals surface area contributed by atoms with Gasteiger partial charge in [0.05, 0.1) is 25.2 Å². The van der Waals surface area contributed by atoms with Crippen molar-refractivity contribution in [3.8, 4) is 11.1 Å². The molecule has 11 heteroatoms. The average molecular weight is 666 g/mol. The SMILES string of the molecule is C[C@H]1[C@@H](CN2CCN(c3ncccn3)CC2)O[C@@H](c2ccc(-c3cccc(CNC(=O)CCC(=O)O)c3)cc2)O[C@H]1c1ccc(CO)cc1. The third kappa shape index (κ3) is 8.87. The third-order valence-electron chi connectivity index (χ3n) is 9.27. The number of carboxylic acid groups (broad SMARTS) is 1. The number of aliphatic hydroxyl groups excluding tert-OH is 1. The molecule has 11 nitrogen and oxygen atoms in total. The summed E-state index contributed by atoms with van der Waals surface area (Å²) >= 11 is 0. The monoisotopic (exact) mass is 665 g/mol. The Kier molecular flexibility index (Phi) is 11.3. The average Bonchev–Trinajstić information content (AvgIpc) is 3.15. The van der Waals surface area contributed by atoms with Gasteiger partial charge in [-0.2, -0.15) is 0 Å². The van der Waals surface area contributed by atoms with E-state index in [0.717, 1.165) is 72.1 Å². The number of benzene rings is 3. The highest BCUT2D eigenvalue weighted by atomic mass is 16.7. The molecule has 1 aromatic heterocycles. The minimum absolute atomic E-state index is 0.00754. The first-order valence-electron chi connectivity index (χ1n) is 16.8. The molecule has 0 radical (unpaired) electrons. The van der Waals surface area contributed by atoms with Crippen LogP contribution in [0.1, 0.15) is 54.4 Å². The van der Waals surface area contributed by atoms with Gasteiger partial charge in [0.15, 0.2) is 6.29 Å². The van der Waals surface area contributed by atoms with Gasteiger partial charge in [0.1, 0.15) is 0 Å². The fourth-order valence-corrected chi connectivity index (χ4v) is 6.37. The summed E-state index contributed by atoms with van der Waals surface area (Å²) in [6.45, 7) is 6.72. The van der Waals surface area contributed by atoms with Crippen molar-refractivity contribution in [3.05, 3.63) is 114 Å². The summed E-state index contributed by atoms with van der Waals surface area (Å²) in [5.41, 5.74) is 5.77. The zero-order chi connectivity index (χ0) is 34.2. The molecule has 3 N–H and O–H groups in total. The van der Waals surface area contributed by atoms with Gasteiger partial charge >= 0.3 is 5.97 Å². The number of aromatic nitrogens is 2. The molecule has 4 aromatic rings. The molecule has 2 aliphatic rings. The first-order chi connectivity index (χ1) is 23.9. The summed E-state index contributed by atoms with van der Waals surface area (Å²) in [6.07, 6.45) is 2.48. The molecule has 2 saturated heterocycles. The quantitative estimate of drug-likeness (QED) is 0.195. The molecular weight excluding hydrogens is 622 g/mol. The van der Waals surface area contributed by atoms with E-state index in [-0.39, 0.29) is 43.5 Å². The number of nitrogens with one attached hydrogen (secondary N) is 1. The number of rotatable bonds is 12. The van der Waals surface area contributed by atoms with Crippen LogP contribution in [-0.4, -0.2) is 75.8 Å². The molecule has 6 rings (SSSR count). The maximum Gasteiger partial charge on any atom is 0.303 e. The summed E-state index contributed by atoms with van der Waals surface area (Å²) in [5.74, 6) is -0.433. The number of ether oxygens (including phenoxy) is 2. The van der Waals surface area contributed by atoms with Crippen molar-refractivity contribution in [1.82, 2.24) is 20.2 Å². The summed E-state index contributed by atoms with van der Waals surface area (Å²) in [5, 5.41) is 21.2. The second kappa shape index (κ2) is 16.1. The highest BCUT2D eigenvalue weighted by Gasteiger charge is 2.39. The lowest BCUT2D eigenvalue weighted by molar-refractivity contribution is -0.276. The standard InChI is InChI=1S/C38H43N5O6/c1-26-33(24-42-18-20-43(21-19-42)38-39-16-3-17-40-38)48-37(49-36(26)30-8-6-27(25-44)7-9-30)31-12-10-29(11-13-31)32-5-2-4-28(22-32)23-41-34(45)14-15-35(46)47/h2-13,16-17,22,26,33,36-37,44H,14-15,18-21,23-25H2,1H3,(H,41,45)(H,46,47)/t26-,33+,36+,37+/m0/s1. The predicted molar refractivity (Wildman–Crippen MR) is 184 cm³/mol. The van der Waals surface area contributed by atoms with E-state index in [1.807, 2.05) is 66.7 Å². The maximum atomic E-state index is 12.0. The minimum Gasteiger partial charge on any atom is -0.481 e. The highest BCUT2D eigenvalue weighted by molar-refractivity contribution is 5.80. The van der Waals surface area contributed by atoms with Gasteiger partial charge in [-0.15, -0.1) is 0 Å². The van der Waals surface area contributed by atoms with Gasteiger partial charge in [-0.1, -0.05) is 73.7 Å². The van der Waals surface area contributed by atoms with Gasteiger partial charge in [-0.3, -0.25) is 14.5 Å². The number of carbonyl (C=O) groups excluding carboxylic acids is 1. The number of aliphatic carboxylic acids is 1. The lowest BCUT2D eigenvalue weighted by Crippen LogP contribution is -2.51. The molecule has 256 valence electrons. The van der Waals surface area contributed by atoms with Gasteiger partial charge in [0.2, 0.25) is 11.9 Å². The second-order valence-corrected chi connectivity index (χ2v) is 12.7. The Morgan fingerprint density at radius 3 is 2.24 bits per heavy atom. The molecule has 2 fully saturated rings. The molecule has 49 heavy (non-hydrogen) atoms. The lowest BCUT2D eigenvalue weighted by atomic mass is 9.89. The van der Waals surface area contributed by atoms with Gasteiger partial charge < -0.3 is 29.9 Å². The fraction of sp³-hybridized carbons (Fsp3) is 0.368. The Balaban J connectivity index is 1.15. The van der Waals surface area contributed by atoms with Crippen molar-refractivity contribution in [1.29, 1.82) is 0 Å². The number of anilines is 1. The van der Waals surface area contributed by atoms with Crippen LogP contribution in [0.25, 0.3) is 11.1 Å². The molecule has 0 bridgehead atoms. The summed E-state index contributed by atoms with van der Waals surface area (Å²) in [6, 6.07) is 25.9. The van der Waals surface area contributed by atoms with Crippen LogP contribution in [0, 0.1) is 5.92 Å². The smallest absolute Gasteiger partial charge is 0.303 e. The van der Waals surface area contributed by atoms with Crippen LogP contribution in [0.4, 0.5) is 5.95 Å². The number of piperazine rings is 1. The van der Waals surface area contributed by atoms with E-state index in [1.165, 1.54) is 0 Å². The Morgan fingerprint density at radius 2 is 1.55 bits per heavy atom.